The molecule has 0 unspecified atom stereocenters. The van der Waals surface area contributed by atoms with Crippen LogP contribution in [-0.4, -0.2) is 70.1 Å². The first-order valence-corrected chi connectivity index (χ1v) is 12.3. The molecule has 2 amide bonds. The van der Waals surface area contributed by atoms with Crippen LogP contribution in [0.15, 0.2) is 53.8 Å². The van der Waals surface area contributed by atoms with Crippen LogP contribution < -0.4 is 5.32 Å². The van der Waals surface area contributed by atoms with Gasteiger partial charge in [-0.1, -0.05) is 30.0 Å². The molecule has 34 heavy (non-hydrogen) atoms. The van der Waals surface area contributed by atoms with Crippen molar-refractivity contribution in [2.75, 3.05) is 44.3 Å². The van der Waals surface area contributed by atoms with Gasteiger partial charge in [0.25, 0.3) is 5.91 Å². The van der Waals surface area contributed by atoms with Gasteiger partial charge in [0.1, 0.15) is 11.5 Å². The Morgan fingerprint density at radius 1 is 1.03 bits per heavy atom. The topological polar surface area (TPSA) is 70.5 Å². The fourth-order valence-electron chi connectivity index (χ4n) is 4.13. The lowest BCUT2D eigenvalue weighted by molar-refractivity contribution is -0.117. The summed E-state index contributed by atoms with van der Waals surface area (Å²) >= 11 is 1.42. The Kier molecular flexibility index (Phi) is 7.33. The molecule has 0 aliphatic carbocycles. The van der Waals surface area contributed by atoms with Gasteiger partial charge in [0.2, 0.25) is 5.91 Å². The zero-order chi connectivity index (χ0) is 24.2. The van der Waals surface area contributed by atoms with Crippen LogP contribution in [0.5, 0.6) is 0 Å². The van der Waals surface area contributed by atoms with Gasteiger partial charge in [-0.25, -0.2) is 9.37 Å². The molecule has 1 aliphatic rings. The summed E-state index contributed by atoms with van der Waals surface area (Å²) in [7, 11) is 0. The van der Waals surface area contributed by atoms with E-state index in [-0.39, 0.29) is 24.2 Å². The van der Waals surface area contributed by atoms with E-state index in [1.165, 1.54) is 23.9 Å². The maximum absolute atomic E-state index is 13.4. The normalized spacial score (nSPS) is 14.3. The first-order chi connectivity index (χ1) is 16.4. The van der Waals surface area contributed by atoms with Crippen LogP contribution >= 0.6 is 11.8 Å². The highest BCUT2D eigenvalue weighted by atomic mass is 32.2. The van der Waals surface area contributed by atoms with E-state index < -0.39 is 0 Å². The van der Waals surface area contributed by atoms with E-state index in [4.69, 9.17) is 0 Å². The lowest BCUT2D eigenvalue weighted by atomic mass is 10.1. The smallest absolute Gasteiger partial charge is 0.272 e. The average Bonchev–Trinajstić information content (AvgIpc) is 3.26. The van der Waals surface area contributed by atoms with E-state index in [0.29, 0.717) is 42.7 Å². The summed E-state index contributed by atoms with van der Waals surface area (Å²) in [5, 5.41) is 3.69. The minimum Gasteiger partial charge on any atom is -0.335 e. The Hall–Kier alpha value is -3.17. The first kappa shape index (κ1) is 24.0. The second-order valence-corrected chi connectivity index (χ2v) is 9.10. The number of carbonyl (C=O) groups excluding carboxylic acids is 2. The molecule has 2 aromatic carbocycles. The highest BCUT2D eigenvalue weighted by Gasteiger charge is 2.27. The lowest BCUT2D eigenvalue weighted by Gasteiger charge is -2.34. The summed E-state index contributed by atoms with van der Waals surface area (Å²) in [5.74, 6) is -0.520. The number of rotatable bonds is 6. The third-order valence-corrected chi connectivity index (χ3v) is 6.64. The molecular formula is C25H28FN5O2S. The van der Waals surface area contributed by atoms with Crippen molar-refractivity contribution >= 4 is 29.3 Å². The quantitative estimate of drug-likeness (QED) is 0.543. The number of anilines is 1. The van der Waals surface area contributed by atoms with Gasteiger partial charge in [0.15, 0.2) is 5.16 Å². The molecular weight excluding hydrogens is 453 g/mol. The molecule has 0 saturated carbocycles. The van der Waals surface area contributed by atoms with Gasteiger partial charge in [-0.15, -0.1) is 0 Å². The fourth-order valence-corrected chi connectivity index (χ4v) is 4.68. The standard InChI is InChI=1S/C25H28FN5O2S/c1-17-5-4-6-18(2)23(17)28-22(32)16-29-11-13-30(14-12-29)24(33)21-15-27-25(34-3)31(21)20-9-7-19(26)8-10-20/h4-10,15H,11-14,16H2,1-3H3,(H,28,32). The van der Waals surface area contributed by atoms with Crippen molar-refractivity contribution in [3.8, 4) is 5.69 Å². The Morgan fingerprint density at radius 3 is 2.29 bits per heavy atom. The highest BCUT2D eigenvalue weighted by molar-refractivity contribution is 7.98. The number of nitrogens with zero attached hydrogens (tertiary/aromatic N) is 4. The van der Waals surface area contributed by atoms with Crippen LogP contribution in [0.4, 0.5) is 10.1 Å². The van der Waals surface area contributed by atoms with Gasteiger partial charge in [-0.05, 0) is 55.5 Å². The van der Waals surface area contributed by atoms with Gasteiger partial charge < -0.3 is 10.2 Å². The molecule has 3 aromatic rings. The summed E-state index contributed by atoms with van der Waals surface area (Å²) in [6.45, 7) is 6.47. The Labute approximate surface area is 203 Å². The summed E-state index contributed by atoms with van der Waals surface area (Å²) in [4.78, 5) is 34.1. The Bertz CT molecular complexity index is 1170. The van der Waals surface area contributed by atoms with Crippen molar-refractivity contribution < 1.29 is 14.0 Å². The van der Waals surface area contributed by atoms with Gasteiger partial charge >= 0.3 is 0 Å². The number of piperazine rings is 1. The van der Waals surface area contributed by atoms with Crippen molar-refractivity contribution in [2.24, 2.45) is 0 Å². The number of aryl methyl sites for hydroxylation is 2. The number of aromatic nitrogens is 2. The maximum Gasteiger partial charge on any atom is 0.272 e. The van der Waals surface area contributed by atoms with Gasteiger partial charge in [-0.3, -0.25) is 19.1 Å². The summed E-state index contributed by atoms with van der Waals surface area (Å²) in [5.41, 5.74) is 4.06. The molecule has 1 aliphatic heterocycles. The van der Waals surface area contributed by atoms with E-state index in [1.807, 2.05) is 38.3 Å². The zero-order valence-corrected chi connectivity index (χ0v) is 20.4. The fraction of sp³-hybridized carbons (Fsp3) is 0.320. The number of imidazole rings is 1. The van der Waals surface area contributed by atoms with Gasteiger partial charge in [0.05, 0.1) is 12.7 Å². The molecule has 178 valence electrons. The molecule has 1 aromatic heterocycles. The molecule has 0 atom stereocenters. The second-order valence-electron chi connectivity index (χ2n) is 8.33. The SMILES string of the molecule is CSc1ncc(C(=O)N2CCN(CC(=O)Nc3c(C)cccc3C)CC2)n1-c1ccc(F)cc1. The molecule has 0 spiro atoms. The Balaban J connectivity index is 1.39. The molecule has 1 saturated heterocycles. The third-order valence-electron chi connectivity index (χ3n) is 5.99. The molecule has 0 radical (unpaired) electrons. The van der Waals surface area contributed by atoms with Crippen molar-refractivity contribution in [1.29, 1.82) is 0 Å². The minimum atomic E-state index is -0.333. The van der Waals surface area contributed by atoms with Crippen molar-refractivity contribution in [2.45, 2.75) is 19.0 Å². The molecule has 4 rings (SSSR count). The molecule has 1 fully saturated rings. The van der Waals surface area contributed by atoms with E-state index >= 15 is 0 Å². The van der Waals surface area contributed by atoms with Crippen LogP contribution in [0.3, 0.4) is 0 Å². The van der Waals surface area contributed by atoms with Crippen molar-refractivity contribution in [3.05, 3.63) is 71.3 Å². The number of para-hydroxylation sites is 1. The van der Waals surface area contributed by atoms with Crippen LogP contribution in [0.2, 0.25) is 0 Å². The van der Waals surface area contributed by atoms with E-state index in [2.05, 4.69) is 15.2 Å². The predicted molar refractivity (Wildman–Crippen MR) is 132 cm³/mol. The van der Waals surface area contributed by atoms with Crippen LogP contribution in [0.1, 0.15) is 21.6 Å². The minimum absolute atomic E-state index is 0.0591. The van der Waals surface area contributed by atoms with E-state index in [0.717, 1.165) is 16.8 Å². The predicted octanol–water partition coefficient (Wildman–Crippen LogP) is 3.75. The molecule has 9 heteroatoms. The largest absolute Gasteiger partial charge is 0.335 e. The molecule has 2 heterocycles. The third kappa shape index (κ3) is 5.15. The van der Waals surface area contributed by atoms with Crippen LogP contribution in [-0.2, 0) is 4.79 Å². The number of carbonyl (C=O) groups is 2. The number of nitrogens with one attached hydrogen (secondary N) is 1. The number of benzene rings is 2. The number of thioether (sulfide) groups is 1. The van der Waals surface area contributed by atoms with E-state index in [9.17, 15) is 14.0 Å². The number of hydrogen-bond acceptors (Lipinski definition) is 5. The number of hydrogen-bond donors (Lipinski definition) is 1. The summed E-state index contributed by atoms with van der Waals surface area (Å²) in [6, 6.07) is 11.9. The molecule has 1 N–H and O–H groups in total. The molecule has 0 bridgehead atoms. The molecule has 7 nitrogen and oxygen atoms in total. The van der Waals surface area contributed by atoms with Crippen LogP contribution in [0, 0.1) is 19.7 Å². The van der Waals surface area contributed by atoms with Gasteiger partial charge in [0, 0.05) is 37.6 Å². The zero-order valence-electron chi connectivity index (χ0n) is 19.5. The van der Waals surface area contributed by atoms with Gasteiger partial charge in [-0.2, -0.15) is 0 Å². The van der Waals surface area contributed by atoms with Crippen molar-refractivity contribution in [3.63, 3.8) is 0 Å². The average molecular weight is 482 g/mol. The second kappa shape index (κ2) is 10.4. The monoisotopic (exact) mass is 481 g/mol. The highest BCUT2D eigenvalue weighted by Crippen LogP contribution is 2.24. The summed E-state index contributed by atoms with van der Waals surface area (Å²) in [6.07, 6.45) is 3.46. The van der Waals surface area contributed by atoms with Crippen molar-refractivity contribution in [1.82, 2.24) is 19.4 Å². The van der Waals surface area contributed by atoms with Crippen LogP contribution in [0.25, 0.3) is 5.69 Å². The van der Waals surface area contributed by atoms with E-state index in [1.54, 1.807) is 27.8 Å². The first-order valence-electron chi connectivity index (χ1n) is 11.1. The Morgan fingerprint density at radius 2 is 1.68 bits per heavy atom. The lowest BCUT2D eigenvalue weighted by Crippen LogP contribution is -2.50. The number of halogens is 1. The maximum atomic E-state index is 13.4. The number of amides is 2. The summed E-state index contributed by atoms with van der Waals surface area (Å²) < 4.78 is 15.2.